The zero-order valence-corrected chi connectivity index (χ0v) is 11.3. The molecule has 21 heavy (non-hydrogen) atoms. The third-order valence-electron chi connectivity index (χ3n) is 3.76. The Balaban J connectivity index is 1.91. The van der Waals surface area contributed by atoms with Gasteiger partial charge < -0.3 is 15.0 Å². The van der Waals surface area contributed by atoms with E-state index in [1.165, 1.54) is 0 Å². The first-order valence-electron chi connectivity index (χ1n) is 6.89. The van der Waals surface area contributed by atoms with Crippen molar-refractivity contribution in [1.29, 1.82) is 5.26 Å². The summed E-state index contributed by atoms with van der Waals surface area (Å²) in [6.07, 6.45) is 4.57. The van der Waals surface area contributed by atoms with E-state index in [4.69, 9.17) is 10.00 Å². The number of aromatic amines is 1. The summed E-state index contributed by atoms with van der Waals surface area (Å²) in [5, 5.41) is 14.2. The second-order valence-corrected chi connectivity index (χ2v) is 5.12. The number of nitrogens with one attached hydrogen (secondary N) is 2. The number of nitriles is 1. The molecule has 1 aliphatic rings. The lowest BCUT2D eigenvalue weighted by Gasteiger charge is -2.13. The summed E-state index contributed by atoms with van der Waals surface area (Å²) in [5.41, 5.74) is 2.00. The summed E-state index contributed by atoms with van der Waals surface area (Å²) < 4.78 is 6.10. The van der Waals surface area contributed by atoms with Gasteiger partial charge in [0.25, 0.3) is 0 Å². The molecule has 1 aliphatic heterocycles. The summed E-state index contributed by atoms with van der Waals surface area (Å²) >= 11 is 0. The molecular weight excluding hydrogens is 266 g/mol. The smallest absolute Gasteiger partial charge is 0.142 e. The number of pyridine rings is 2. The number of H-pyrrole nitrogens is 1. The van der Waals surface area contributed by atoms with E-state index in [9.17, 15) is 0 Å². The SMILES string of the molecule is N#Cc1cc2c(cn1)[nH]c1nccc(O[C@H]3CCNC3)c12. The van der Waals surface area contributed by atoms with Crippen molar-refractivity contribution in [2.75, 3.05) is 13.1 Å². The Hall–Kier alpha value is -2.65. The standard InChI is InChI=1S/C15H13N5O/c16-6-9-5-11-12(8-19-9)20-15-14(11)13(2-4-18-15)21-10-1-3-17-7-10/h2,4-5,8,10,17H,1,3,7H2,(H,18,20)/t10-/m0/s1. The fourth-order valence-electron chi connectivity index (χ4n) is 2.76. The van der Waals surface area contributed by atoms with Gasteiger partial charge in [-0.25, -0.2) is 9.97 Å². The molecule has 1 fully saturated rings. The Morgan fingerprint density at radius 3 is 3.14 bits per heavy atom. The molecule has 0 aliphatic carbocycles. The van der Waals surface area contributed by atoms with Crippen molar-refractivity contribution in [3.05, 3.63) is 30.2 Å². The Morgan fingerprint density at radius 1 is 1.38 bits per heavy atom. The number of nitrogens with zero attached hydrogens (tertiary/aromatic N) is 3. The summed E-state index contributed by atoms with van der Waals surface area (Å²) in [7, 11) is 0. The topological polar surface area (TPSA) is 86.6 Å². The van der Waals surface area contributed by atoms with Gasteiger partial charge >= 0.3 is 0 Å². The van der Waals surface area contributed by atoms with Gasteiger partial charge in [0, 0.05) is 18.1 Å². The van der Waals surface area contributed by atoms with Crippen molar-refractivity contribution >= 4 is 21.9 Å². The molecule has 0 unspecified atom stereocenters. The van der Waals surface area contributed by atoms with E-state index in [1.54, 1.807) is 18.5 Å². The Morgan fingerprint density at radius 2 is 2.33 bits per heavy atom. The fraction of sp³-hybridized carbons (Fsp3) is 0.267. The van der Waals surface area contributed by atoms with Gasteiger partial charge in [0.15, 0.2) is 0 Å². The van der Waals surface area contributed by atoms with Gasteiger partial charge in [-0.2, -0.15) is 5.26 Å². The maximum atomic E-state index is 9.03. The normalized spacial score (nSPS) is 18.1. The molecule has 0 amide bonds. The highest BCUT2D eigenvalue weighted by molar-refractivity contribution is 6.09. The zero-order valence-electron chi connectivity index (χ0n) is 11.3. The van der Waals surface area contributed by atoms with Crippen LogP contribution in [0, 0.1) is 11.3 Å². The van der Waals surface area contributed by atoms with Crippen molar-refractivity contribution in [1.82, 2.24) is 20.3 Å². The predicted molar refractivity (Wildman–Crippen MR) is 78.0 cm³/mol. The van der Waals surface area contributed by atoms with Crippen LogP contribution in [0.5, 0.6) is 5.75 Å². The molecule has 0 aromatic carbocycles. The van der Waals surface area contributed by atoms with E-state index in [1.807, 2.05) is 6.07 Å². The number of hydrogen-bond donors (Lipinski definition) is 2. The van der Waals surface area contributed by atoms with E-state index in [0.29, 0.717) is 5.69 Å². The maximum absolute atomic E-state index is 9.03. The lowest BCUT2D eigenvalue weighted by molar-refractivity contribution is 0.226. The molecule has 0 saturated carbocycles. The molecule has 0 radical (unpaired) electrons. The fourth-order valence-corrected chi connectivity index (χ4v) is 2.76. The van der Waals surface area contributed by atoms with Gasteiger partial charge in [-0.05, 0) is 25.1 Å². The zero-order chi connectivity index (χ0) is 14.2. The van der Waals surface area contributed by atoms with Crippen molar-refractivity contribution < 1.29 is 4.74 Å². The molecule has 6 nitrogen and oxygen atoms in total. The molecule has 3 aromatic rings. The van der Waals surface area contributed by atoms with Gasteiger partial charge in [-0.1, -0.05) is 0 Å². The first-order chi connectivity index (χ1) is 10.3. The molecule has 1 saturated heterocycles. The second kappa shape index (κ2) is 4.72. The molecule has 3 aromatic heterocycles. The summed E-state index contributed by atoms with van der Waals surface area (Å²) in [5.74, 6) is 0.801. The molecule has 4 heterocycles. The maximum Gasteiger partial charge on any atom is 0.142 e. The van der Waals surface area contributed by atoms with Crippen LogP contribution in [0.2, 0.25) is 0 Å². The van der Waals surface area contributed by atoms with E-state index in [2.05, 4.69) is 26.3 Å². The van der Waals surface area contributed by atoms with Crippen LogP contribution in [0.25, 0.3) is 21.9 Å². The van der Waals surface area contributed by atoms with Gasteiger partial charge in [0.1, 0.15) is 29.3 Å². The van der Waals surface area contributed by atoms with Crippen molar-refractivity contribution in [2.24, 2.45) is 0 Å². The molecule has 2 N–H and O–H groups in total. The highest BCUT2D eigenvalue weighted by atomic mass is 16.5. The number of aromatic nitrogens is 3. The minimum absolute atomic E-state index is 0.179. The van der Waals surface area contributed by atoms with E-state index < -0.39 is 0 Å². The Labute approximate surface area is 120 Å². The molecule has 6 heteroatoms. The number of rotatable bonds is 2. The predicted octanol–water partition coefficient (Wildman–Crippen LogP) is 1.72. The highest BCUT2D eigenvalue weighted by Gasteiger charge is 2.19. The Kier molecular flexibility index (Phi) is 2.72. The minimum atomic E-state index is 0.179. The summed E-state index contributed by atoms with van der Waals surface area (Å²) in [6.45, 7) is 1.84. The van der Waals surface area contributed by atoms with Crippen LogP contribution < -0.4 is 10.1 Å². The van der Waals surface area contributed by atoms with Gasteiger partial charge in [-0.15, -0.1) is 0 Å². The average Bonchev–Trinajstić information content (AvgIpc) is 3.13. The highest BCUT2D eigenvalue weighted by Crippen LogP contribution is 2.32. The summed E-state index contributed by atoms with van der Waals surface area (Å²) in [4.78, 5) is 11.6. The molecule has 4 rings (SSSR count). The van der Waals surface area contributed by atoms with Crippen LogP contribution in [0.4, 0.5) is 0 Å². The minimum Gasteiger partial charge on any atom is -0.488 e. The third kappa shape index (κ3) is 1.99. The first-order valence-corrected chi connectivity index (χ1v) is 6.89. The molecular formula is C15H13N5O. The lowest BCUT2D eigenvalue weighted by atomic mass is 10.2. The van der Waals surface area contributed by atoms with Crippen molar-refractivity contribution in [3.63, 3.8) is 0 Å². The van der Waals surface area contributed by atoms with Crippen LogP contribution in [0.1, 0.15) is 12.1 Å². The lowest BCUT2D eigenvalue weighted by Crippen LogP contribution is -2.19. The van der Waals surface area contributed by atoms with Gasteiger partial charge in [-0.3, -0.25) is 0 Å². The molecule has 104 valence electrons. The number of fused-ring (bicyclic) bond motifs is 3. The van der Waals surface area contributed by atoms with E-state index in [-0.39, 0.29) is 6.10 Å². The van der Waals surface area contributed by atoms with E-state index in [0.717, 1.165) is 47.2 Å². The molecule has 0 spiro atoms. The van der Waals surface area contributed by atoms with Crippen LogP contribution in [-0.4, -0.2) is 34.1 Å². The van der Waals surface area contributed by atoms with Crippen molar-refractivity contribution in [2.45, 2.75) is 12.5 Å². The Bertz CT molecular complexity index is 857. The quantitative estimate of drug-likeness (QED) is 0.746. The molecule has 1 atom stereocenters. The third-order valence-corrected chi connectivity index (χ3v) is 3.76. The summed E-state index contributed by atoms with van der Waals surface area (Å²) in [6, 6.07) is 5.72. The van der Waals surface area contributed by atoms with Crippen LogP contribution in [0.15, 0.2) is 24.5 Å². The molecule has 0 bridgehead atoms. The van der Waals surface area contributed by atoms with Crippen LogP contribution >= 0.6 is 0 Å². The first kappa shape index (κ1) is 12.1. The van der Waals surface area contributed by atoms with E-state index >= 15 is 0 Å². The van der Waals surface area contributed by atoms with Gasteiger partial charge in [0.2, 0.25) is 0 Å². The average molecular weight is 279 g/mol. The van der Waals surface area contributed by atoms with Crippen LogP contribution in [0.3, 0.4) is 0 Å². The monoisotopic (exact) mass is 279 g/mol. The number of hydrogen-bond acceptors (Lipinski definition) is 5. The van der Waals surface area contributed by atoms with Crippen LogP contribution in [-0.2, 0) is 0 Å². The second-order valence-electron chi connectivity index (χ2n) is 5.12. The van der Waals surface area contributed by atoms with Gasteiger partial charge in [0.05, 0.1) is 17.1 Å². The van der Waals surface area contributed by atoms with Crippen molar-refractivity contribution in [3.8, 4) is 11.8 Å². The number of ether oxygens (including phenoxy) is 1. The largest absolute Gasteiger partial charge is 0.488 e.